The highest BCUT2D eigenvalue weighted by atomic mass is 35.5. The molecule has 0 saturated heterocycles. The maximum Gasteiger partial charge on any atom is 0.127 e. The summed E-state index contributed by atoms with van der Waals surface area (Å²) in [6.45, 7) is 5.03. The summed E-state index contributed by atoms with van der Waals surface area (Å²) >= 11 is 5.96. The van der Waals surface area contributed by atoms with Gasteiger partial charge in [-0.3, -0.25) is 0 Å². The average Bonchev–Trinajstić information content (AvgIpc) is 2.22. The molecular weight excluding hydrogens is 213 g/mol. The molecule has 0 saturated carbocycles. The van der Waals surface area contributed by atoms with E-state index in [0.717, 1.165) is 13.0 Å². The second kappa shape index (κ2) is 6.09. The molecule has 3 heteroatoms. The van der Waals surface area contributed by atoms with E-state index in [1.165, 1.54) is 6.07 Å². The molecular formula is C12H17ClFN. The molecule has 1 N–H and O–H groups in total. The summed E-state index contributed by atoms with van der Waals surface area (Å²) in [6.07, 6.45) is 1.62. The Balaban J connectivity index is 2.78. The number of hydrogen-bond acceptors (Lipinski definition) is 1. The summed E-state index contributed by atoms with van der Waals surface area (Å²) < 4.78 is 13.5. The molecule has 1 nitrogen and oxygen atoms in total. The van der Waals surface area contributed by atoms with Crippen molar-refractivity contribution in [3.63, 3.8) is 0 Å². The van der Waals surface area contributed by atoms with Crippen molar-refractivity contribution >= 4 is 11.6 Å². The third-order valence-corrected chi connectivity index (χ3v) is 2.85. The van der Waals surface area contributed by atoms with E-state index in [2.05, 4.69) is 12.2 Å². The molecule has 0 radical (unpaired) electrons. The summed E-state index contributed by atoms with van der Waals surface area (Å²) in [5.41, 5.74) is 0.618. The van der Waals surface area contributed by atoms with Gasteiger partial charge < -0.3 is 5.32 Å². The van der Waals surface area contributed by atoms with E-state index in [1.54, 1.807) is 12.1 Å². The van der Waals surface area contributed by atoms with Gasteiger partial charge in [-0.2, -0.15) is 0 Å². The maximum atomic E-state index is 13.5. The Morgan fingerprint density at radius 3 is 2.67 bits per heavy atom. The lowest BCUT2D eigenvalue weighted by Crippen LogP contribution is -2.30. The highest BCUT2D eigenvalue weighted by molar-refractivity contribution is 6.31. The number of rotatable bonds is 5. The third kappa shape index (κ3) is 3.47. The molecule has 0 amide bonds. The molecule has 0 aliphatic rings. The Morgan fingerprint density at radius 1 is 1.40 bits per heavy atom. The minimum absolute atomic E-state index is 0.209. The van der Waals surface area contributed by atoms with Crippen LogP contribution in [0.25, 0.3) is 0 Å². The number of likely N-dealkylation sites (N-methyl/N-ethyl adjacent to an activating group) is 1. The van der Waals surface area contributed by atoms with Gasteiger partial charge in [0.15, 0.2) is 0 Å². The van der Waals surface area contributed by atoms with Gasteiger partial charge in [-0.15, -0.1) is 0 Å². The highest BCUT2D eigenvalue weighted by Gasteiger charge is 2.12. The van der Waals surface area contributed by atoms with Gasteiger partial charge in [0.2, 0.25) is 0 Å². The Bertz CT molecular complexity index is 294. The zero-order valence-corrected chi connectivity index (χ0v) is 9.94. The molecule has 84 valence electrons. The molecule has 0 aromatic heterocycles. The van der Waals surface area contributed by atoms with Crippen LogP contribution in [0.4, 0.5) is 4.39 Å². The van der Waals surface area contributed by atoms with E-state index in [4.69, 9.17) is 11.6 Å². The third-order valence-electron chi connectivity index (χ3n) is 2.50. The molecule has 0 fully saturated rings. The van der Waals surface area contributed by atoms with Gasteiger partial charge >= 0.3 is 0 Å². The normalized spacial score (nSPS) is 12.8. The zero-order chi connectivity index (χ0) is 11.3. The monoisotopic (exact) mass is 229 g/mol. The smallest absolute Gasteiger partial charge is 0.127 e. The van der Waals surface area contributed by atoms with E-state index in [-0.39, 0.29) is 5.82 Å². The molecule has 15 heavy (non-hydrogen) atoms. The quantitative estimate of drug-likeness (QED) is 0.816. The second-order valence-corrected chi connectivity index (χ2v) is 3.97. The van der Waals surface area contributed by atoms with Gasteiger partial charge in [-0.1, -0.05) is 31.5 Å². The van der Waals surface area contributed by atoms with Gasteiger partial charge in [0.05, 0.1) is 0 Å². The van der Waals surface area contributed by atoms with Crippen LogP contribution in [0.1, 0.15) is 25.8 Å². The van der Waals surface area contributed by atoms with E-state index >= 15 is 0 Å². The van der Waals surface area contributed by atoms with Crippen molar-refractivity contribution in [2.75, 3.05) is 6.54 Å². The van der Waals surface area contributed by atoms with Crippen molar-refractivity contribution in [2.45, 2.75) is 32.7 Å². The summed E-state index contributed by atoms with van der Waals surface area (Å²) in [5.74, 6) is -0.209. The van der Waals surface area contributed by atoms with Crippen LogP contribution in [0.3, 0.4) is 0 Å². The van der Waals surface area contributed by atoms with Crippen LogP contribution >= 0.6 is 11.6 Å². The first kappa shape index (κ1) is 12.5. The molecule has 1 rings (SSSR count). The Kier molecular flexibility index (Phi) is 5.06. The summed E-state index contributed by atoms with van der Waals surface area (Å²) in [5, 5.41) is 3.83. The van der Waals surface area contributed by atoms with Crippen molar-refractivity contribution in [1.29, 1.82) is 0 Å². The number of nitrogens with one attached hydrogen (secondary N) is 1. The predicted molar refractivity (Wildman–Crippen MR) is 62.9 cm³/mol. The largest absolute Gasteiger partial charge is 0.314 e. The lowest BCUT2D eigenvalue weighted by atomic mass is 10.0. The van der Waals surface area contributed by atoms with E-state index in [1.807, 2.05) is 6.92 Å². The van der Waals surface area contributed by atoms with Gasteiger partial charge in [-0.25, -0.2) is 4.39 Å². The van der Waals surface area contributed by atoms with Crippen LogP contribution in [0.5, 0.6) is 0 Å². The minimum Gasteiger partial charge on any atom is -0.314 e. The fourth-order valence-electron chi connectivity index (χ4n) is 1.62. The number of benzene rings is 1. The van der Waals surface area contributed by atoms with Crippen LogP contribution < -0.4 is 5.32 Å². The van der Waals surface area contributed by atoms with E-state index < -0.39 is 0 Å². The molecule has 1 aromatic carbocycles. The van der Waals surface area contributed by atoms with Crippen LogP contribution in [-0.4, -0.2) is 12.6 Å². The van der Waals surface area contributed by atoms with Crippen LogP contribution in [0.15, 0.2) is 18.2 Å². The van der Waals surface area contributed by atoms with Crippen molar-refractivity contribution in [3.05, 3.63) is 34.6 Å². The lowest BCUT2D eigenvalue weighted by Gasteiger charge is -2.16. The lowest BCUT2D eigenvalue weighted by molar-refractivity contribution is 0.496. The molecule has 0 spiro atoms. The van der Waals surface area contributed by atoms with Crippen molar-refractivity contribution < 1.29 is 4.39 Å². The standard InChI is InChI=1S/C12H17ClFN/c1-3-9(15-4-2)8-10-11(13)6-5-7-12(10)14/h5-7,9,15H,3-4,8H2,1-2H3. The van der Waals surface area contributed by atoms with Crippen LogP contribution in [0, 0.1) is 5.82 Å². The first-order chi connectivity index (χ1) is 7.19. The molecule has 0 bridgehead atoms. The fourth-order valence-corrected chi connectivity index (χ4v) is 1.86. The summed E-state index contributed by atoms with van der Waals surface area (Å²) in [4.78, 5) is 0. The van der Waals surface area contributed by atoms with Crippen LogP contribution in [-0.2, 0) is 6.42 Å². The maximum absolute atomic E-state index is 13.5. The van der Waals surface area contributed by atoms with Crippen molar-refractivity contribution in [2.24, 2.45) is 0 Å². The Labute approximate surface area is 95.6 Å². The van der Waals surface area contributed by atoms with Gasteiger partial charge in [0.1, 0.15) is 5.82 Å². The van der Waals surface area contributed by atoms with Crippen molar-refractivity contribution in [3.8, 4) is 0 Å². The first-order valence-electron chi connectivity index (χ1n) is 5.35. The fraction of sp³-hybridized carbons (Fsp3) is 0.500. The Hall–Kier alpha value is -0.600. The molecule has 1 atom stereocenters. The topological polar surface area (TPSA) is 12.0 Å². The van der Waals surface area contributed by atoms with E-state index in [0.29, 0.717) is 23.0 Å². The van der Waals surface area contributed by atoms with E-state index in [9.17, 15) is 4.39 Å². The van der Waals surface area contributed by atoms with Gasteiger partial charge in [-0.05, 0) is 31.5 Å². The second-order valence-electron chi connectivity index (χ2n) is 3.57. The molecule has 0 aliphatic carbocycles. The Morgan fingerprint density at radius 2 is 2.13 bits per heavy atom. The molecule has 1 unspecified atom stereocenters. The molecule has 0 aliphatic heterocycles. The molecule has 0 heterocycles. The molecule has 1 aromatic rings. The predicted octanol–water partition coefficient (Wildman–Crippen LogP) is 3.41. The SMILES string of the molecule is CCNC(CC)Cc1c(F)cccc1Cl. The number of hydrogen-bond donors (Lipinski definition) is 1. The number of halogens is 2. The van der Waals surface area contributed by atoms with Gasteiger partial charge in [0.25, 0.3) is 0 Å². The summed E-state index contributed by atoms with van der Waals surface area (Å²) in [7, 11) is 0. The average molecular weight is 230 g/mol. The minimum atomic E-state index is -0.209. The van der Waals surface area contributed by atoms with Crippen LogP contribution in [0.2, 0.25) is 5.02 Å². The highest BCUT2D eigenvalue weighted by Crippen LogP contribution is 2.21. The first-order valence-corrected chi connectivity index (χ1v) is 5.73. The zero-order valence-electron chi connectivity index (χ0n) is 9.19. The van der Waals surface area contributed by atoms with Gasteiger partial charge in [0, 0.05) is 16.6 Å². The summed E-state index contributed by atoms with van der Waals surface area (Å²) in [6, 6.07) is 5.12. The van der Waals surface area contributed by atoms with Crippen molar-refractivity contribution in [1.82, 2.24) is 5.32 Å².